The van der Waals surface area contributed by atoms with Crippen molar-refractivity contribution in [2.24, 2.45) is 0 Å². The molecule has 1 aliphatic rings. The molecule has 1 fully saturated rings. The van der Waals surface area contributed by atoms with E-state index in [1.165, 1.54) is 6.92 Å². The molecular formula is C7H12O4. The molecular weight excluding hydrogens is 148 g/mol. The topological polar surface area (TPSA) is 66.8 Å². The van der Waals surface area contributed by atoms with Crippen molar-refractivity contribution in [1.29, 1.82) is 0 Å². The van der Waals surface area contributed by atoms with Gasteiger partial charge < -0.3 is 14.9 Å². The van der Waals surface area contributed by atoms with Crippen LogP contribution >= 0.6 is 0 Å². The molecule has 1 unspecified atom stereocenters. The molecule has 0 radical (unpaired) electrons. The molecule has 1 aliphatic heterocycles. The summed E-state index contributed by atoms with van der Waals surface area (Å²) in [6, 6.07) is 0. The average molecular weight is 160 g/mol. The Labute approximate surface area is 64.8 Å². The van der Waals surface area contributed by atoms with Gasteiger partial charge in [-0.05, 0) is 13.3 Å². The number of rotatable bonds is 1. The van der Waals surface area contributed by atoms with Crippen molar-refractivity contribution in [2.75, 3.05) is 0 Å². The van der Waals surface area contributed by atoms with Crippen LogP contribution in [0.2, 0.25) is 0 Å². The molecule has 0 bridgehead atoms. The van der Waals surface area contributed by atoms with Crippen LogP contribution in [0.15, 0.2) is 0 Å². The zero-order valence-electron chi connectivity index (χ0n) is 6.57. The Bertz CT molecular complexity index is 175. The number of carbonyl (C=O) groups excluding carboxylic acids is 1. The van der Waals surface area contributed by atoms with Crippen LogP contribution in [0.1, 0.15) is 20.3 Å². The van der Waals surface area contributed by atoms with Gasteiger partial charge in [-0.3, -0.25) is 0 Å². The molecule has 3 atom stereocenters. The van der Waals surface area contributed by atoms with Crippen LogP contribution in [-0.4, -0.2) is 34.0 Å². The summed E-state index contributed by atoms with van der Waals surface area (Å²) in [6.45, 7) is 3.18. The van der Waals surface area contributed by atoms with Crippen LogP contribution < -0.4 is 0 Å². The van der Waals surface area contributed by atoms with E-state index in [1.807, 2.05) is 0 Å². The van der Waals surface area contributed by atoms with Crippen LogP contribution in [0.5, 0.6) is 0 Å². The second-order valence-corrected chi connectivity index (χ2v) is 2.96. The van der Waals surface area contributed by atoms with Gasteiger partial charge in [0.05, 0.1) is 0 Å². The largest absolute Gasteiger partial charge is 0.457 e. The molecule has 11 heavy (non-hydrogen) atoms. The van der Waals surface area contributed by atoms with E-state index < -0.39 is 23.8 Å². The van der Waals surface area contributed by atoms with E-state index in [2.05, 4.69) is 0 Å². The quantitative estimate of drug-likeness (QED) is 0.504. The summed E-state index contributed by atoms with van der Waals surface area (Å²) in [5, 5.41) is 18.6. The summed E-state index contributed by atoms with van der Waals surface area (Å²) in [5.74, 6) is -0.734. The van der Waals surface area contributed by atoms with Crippen molar-refractivity contribution in [2.45, 2.75) is 38.1 Å². The molecule has 0 aromatic heterocycles. The van der Waals surface area contributed by atoms with E-state index in [9.17, 15) is 9.90 Å². The van der Waals surface area contributed by atoms with Gasteiger partial charge in [0, 0.05) is 0 Å². The smallest absolute Gasteiger partial charge is 0.338 e. The standard InChI is InChI=1S/C7H12O4/c1-3-4-7(2,10)5(8)6(9)11-4/h4-5,8,10H,3H2,1-2H3/t4?,5-,7-/m0/s1. The van der Waals surface area contributed by atoms with E-state index in [4.69, 9.17) is 9.84 Å². The Kier molecular flexibility index (Phi) is 1.90. The molecule has 0 aliphatic carbocycles. The first-order chi connectivity index (χ1) is 5.00. The van der Waals surface area contributed by atoms with E-state index in [0.717, 1.165) is 0 Å². The number of aliphatic hydroxyl groups is 2. The van der Waals surface area contributed by atoms with Crippen LogP contribution in [0.4, 0.5) is 0 Å². The fourth-order valence-electron chi connectivity index (χ4n) is 1.24. The molecule has 0 spiro atoms. The summed E-state index contributed by atoms with van der Waals surface area (Å²) in [4.78, 5) is 10.7. The highest BCUT2D eigenvalue weighted by Crippen LogP contribution is 2.28. The van der Waals surface area contributed by atoms with E-state index in [1.54, 1.807) is 6.92 Å². The van der Waals surface area contributed by atoms with Gasteiger partial charge in [0.2, 0.25) is 0 Å². The van der Waals surface area contributed by atoms with Crippen molar-refractivity contribution < 1.29 is 19.7 Å². The number of cyclic esters (lactones) is 1. The van der Waals surface area contributed by atoms with Gasteiger partial charge in [0.1, 0.15) is 11.7 Å². The molecule has 0 saturated carbocycles. The highest BCUT2D eigenvalue weighted by atomic mass is 16.6. The highest BCUT2D eigenvalue weighted by Gasteiger charge is 2.51. The Balaban J connectivity index is 2.82. The monoisotopic (exact) mass is 160 g/mol. The third-order valence-electron chi connectivity index (χ3n) is 2.06. The van der Waals surface area contributed by atoms with Gasteiger partial charge in [-0.1, -0.05) is 6.92 Å². The number of hydrogen-bond donors (Lipinski definition) is 2. The molecule has 0 amide bonds. The third-order valence-corrected chi connectivity index (χ3v) is 2.06. The third kappa shape index (κ3) is 1.12. The maximum atomic E-state index is 10.7. The van der Waals surface area contributed by atoms with Gasteiger partial charge in [0.15, 0.2) is 6.10 Å². The molecule has 64 valence electrons. The van der Waals surface area contributed by atoms with Gasteiger partial charge in [-0.15, -0.1) is 0 Å². The Morgan fingerprint density at radius 2 is 2.27 bits per heavy atom. The lowest BCUT2D eigenvalue weighted by Crippen LogP contribution is -2.44. The van der Waals surface area contributed by atoms with Gasteiger partial charge in [-0.2, -0.15) is 0 Å². The Morgan fingerprint density at radius 3 is 2.45 bits per heavy atom. The summed E-state index contributed by atoms with van der Waals surface area (Å²) in [7, 11) is 0. The first kappa shape index (κ1) is 8.49. The number of hydrogen-bond acceptors (Lipinski definition) is 4. The molecule has 4 nitrogen and oxygen atoms in total. The summed E-state index contributed by atoms with van der Waals surface area (Å²) in [5.41, 5.74) is -1.42. The van der Waals surface area contributed by atoms with Gasteiger partial charge >= 0.3 is 5.97 Å². The SMILES string of the molecule is CCC1OC(=O)[C@H](O)[C@@]1(C)O. The number of ether oxygens (including phenoxy) is 1. The summed E-state index contributed by atoms with van der Waals surface area (Å²) >= 11 is 0. The predicted molar refractivity (Wildman–Crippen MR) is 36.8 cm³/mol. The zero-order chi connectivity index (χ0) is 8.65. The number of carbonyl (C=O) groups is 1. The molecule has 1 rings (SSSR count). The molecule has 1 saturated heterocycles. The van der Waals surface area contributed by atoms with Gasteiger partial charge in [0.25, 0.3) is 0 Å². The minimum Gasteiger partial charge on any atom is -0.457 e. The number of esters is 1. The van der Waals surface area contributed by atoms with Crippen LogP contribution in [-0.2, 0) is 9.53 Å². The van der Waals surface area contributed by atoms with E-state index in [0.29, 0.717) is 6.42 Å². The van der Waals surface area contributed by atoms with E-state index >= 15 is 0 Å². The summed E-state index contributed by atoms with van der Waals surface area (Å²) < 4.78 is 4.70. The molecule has 2 N–H and O–H groups in total. The fourth-order valence-corrected chi connectivity index (χ4v) is 1.24. The molecule has 0 aromatic carbocycles. The lowest BCUT2D eigenvalue weighted by Gasteiger charge is -2.22. The second kappa shape index (κ2) is 2.46. The number of aliphatic hydroxyl groups excluding tert-OH is 1. The van der Waals surface area contributed by atoms with Crippen molar-refractivity contribution in [3.05, 3.63) is 0 Å². The van der Waals surface area contributed by atoms with Crippen molar-refractivity contribution in [3.8, 4) is 0 Å². The van der Waals surface area contributed by atoms with Crippen molar-refractivity contribution >= 4 is 5.97 Å². The minimum absolute atomic E-state index is 0.510. The molecule has 1 heterocycles. The molecule has 0 aromatic rings. The van der Waals surface area contributed by atoms with E-state index in [-0.39, 0.29) is 0 Å². The summed E-state index contributed by atoms with van der Waals surface area (Å²) in [6.07, 6.45) is -1.46. The first-order valence-corrected chi connectivity index (χ1v) is 3.61. The van der Waals surface area contributed by atoms with Crippen LogP contribution in [0.3, 0.4) is 0 Å². The zero-order valence-corrected chi connectivity index (χ0v) is 6.57. The lowest BCUT2D eigenvalue weighted by molar-refractivity contribution is -0.147. The highest BCUT2D eigenvalue weighted by molar-refractivity contribution is 5.78. The average Bonchev–Trinajstić information content (AvgIpc) is 2.13. The van der Waals surface area contributed by atoms with Crippen molar-refractivity contribution in [3.63, 3.8) is 0 Å². The fraction of sp³-hybridized carbons (Fsp3) is 0.857. The Hall–Kier alpha value is -0.610. The normalized spacial score (nSPS) is 44.2. The Morgan fingerprint density at radius 1 is 1.73 bits per heavy atom. The lowest BCUT2D eigenvalue weighted by atomic mass is 9.94. The van der Waals surface area contributed by atoms with Gasteiger partial charge in [-0.25, -0.2) is 4.79 Å². The minimum atomic E-state index is -1.42. The van der Waals surface area contributed by atoms with Crippen LogP contribution in [0, 0.1) is 0 Å². The predicted octanol–water partition coefficient (Wildman–Crippen LogP) is -0.566. The first-order valence-electron chi connectivity index (χ1n) is 3.61. The maximum Gasteiger partial charge on any atom is 0.338 e. The molecule has 4 heteroatoms. The maximum absolute atomic E-state index is 10.7. The van der Waals surface area contributed by atoms with Crippen molar-refractivity contribution in [1.82, 2.24) is 0 Å². The van der Waals surface area contributed by atoms with Crippen LogP contribution in [0.25, 0.3) is 0 Å². The second-order valence-electron chi connectivity index (χ2n) is 2.96.